The summed E-state index contributed by atoms with van der Waals surface area (Å²) in [6, 6.07) is 0. The van der Waals surface area contributed by atoms with Crippen LogP contribution in [0.3, 0.4) is 0 Å². The van der Waals surface area contributed by atoms with Gasteiger partial charge in [-0.15, -0.1) is 0 Å². The molecule has 0 fully saturated rings. The Morgan fingerprint density at radius 3 is 1.63 bits per heavy atom. The van der Waals surface area contributed by atoms with Crippen LogP contribution in [0.25, 0.3) is 0 Å². The minimum atomic E-state index is -4.74. The molecule has 9 heteroatoms. The van der Waals surface area contributed by atoms with Gasteiger partial charge in [-0.2, -0.15) is 0 Å². The number of phosphoric acid groups is 1. The number of carbonyl (C=O) groups excluding carboxylic acids is 2. The van der Waals surface area contributed by atoms with Crippen LogP contribution in [0, 0.1) is 0 Å². The van der Waals surface area contributed by atoms with E-state index in [1.165, 1.54) is 64.2 Å². The second-order valence-electron chi connectivity index (χ2n) is 11.5. The standard InChI is InChI=1S/C34H63O8P/c1-3-5-7-9-11-13-15-17-19-21-23-25-27-29-34(36)42-32(31-41-43(37,38)39)30-40-33(35)28-26-24-22-20-18-16-14-12-10-8-6-4-2/h7,9,13,15,32H,3-6,8,10-12,14,16-31H2,1-2H3,(H2,37,38,39)/b9-7-,15-13-. The average molecular weight is 631 g/mol. The summed E-state index contributed by atoms with van der Waals surface area (Å²) in [5.41, 5.74) is 0. The number of allylic oxidation sites excluding steroid dienone is 4. The molecule has 1 atom stereocenters. The van der Waals surface area contributed by atoms with E-state index in [9.17, 15) is 14.2 Å². The van der Waals surface area contributed by atoms with E-state index in [1.54, 1.807) is 0 Å². The van der Waals surface area contributed by atoms with Gasteiger partial charge in [0.1, 0.15) is 6.61 Å². The van der Waals surface area contributed by atoms with Crippen molar-refractivity contribution in [3.8, 4) is 0 Å². The Morgan fingerprint density at radius 2 is 1.09 bits per heavy atom. The molecule has 43 heavy (non-hydrogen) atoms. The van der Waals surface area contributed by atoms with E-state index in [4.69, 9.17) is 19.3 Å². The fourth-order valence-corrected chi connectivity index (χ4v) is 5.01. The Labute approximate surface area is 262 Å². The highest BCUT2D eigenvalue weighted by atomic mass is 31.2. The number of rotatable bonds is 31. The number of esters is 2. The van der Waals surface area contributed by atoms with Crippen LogP contribution in [0.1, 0.15) is 162 Å². The van der Waals surface area contributed by atoms with Crippen molar-refractivity contribution < 1.29 is 37.9 Å². The quantitative estimate of drug-likeness (QED) is 0.0336. The molecule has 0 aliphatic carbocycles. The molecule has 0 aromatic rings. The summed E-state index contributed by atoms with van der Waals surface area (Å²) in [6.45, 7) is 3.58. The van der Waals surface area contributed by atoms with Crippen LogP contribution in [0.15, 0.2) is 24.3 Å². The van der Waals surface area contributed by atoms with Crippen molar-refractivity contribution in [1.29, 1.82) is 0 Å². The molecule has 0 amide bonds. The highest BCUT2D eigenvalue weighted by Crippen LogP contribution is 2.35. The third-order valence-corrected chi connectivity index (χ3v) is 7.69. The second kappa shape index (κ2) is 30.6. The number of ether oxygens (including phenoxy) is 2. The van der Waals surface area contributed by atoms with Gasteiger partial charge < -0.3 is 19.3 Å². The number of phosphoric ester groups is 1. The van der Waals surface area contributed by atoms with Gasteiger partial charge in [0.15, 0.2) is 6.10 Å². The van der Waals surface area contributed by atoms with E-state index in [-0.39, 0.29) is 19.4 Å². The first-order chi connectivity index (χ1) is 20.8. The first-order valence-corrected chi connectivity index (χ1v) is 18.7. The van der Waals surface area contributed by atoms with Crippen molar-refractivity contribution in [2.45, 2.75) is 168 Å². The van der Waals surface area contributed by atoms with E-state index in [2.05, 4.69) is 42.7 Å². The van der Waals surface area contributed by atoms with Crippen molar-refractivity contribution in [3.05, 3.63) is 24.3 Å². The van der Waals surface area contributed by atoms with E-state index in [0.29, 0.717) is 6.42 Å². The maximum Gasteiger partial charge on any atom is 0.469 e. The summed E-state index contributed by atoms with van der Waals surface area (Å²) in [7, 11) is -4.74. The molecule has 0 aromatic carbocycles. The van der Waals surface area contributed by atoms with Crippen molar-refractivity contribution in [2.24, 2.45) is 0 Å². The normalized spacial score (nSPS) is 12.7. The Kier molecular flexibility index (Phi) is 29.5. The first kappa shape index (κ1) is 41.5. The molecule has 0 saturated carbocycles. The largest absolute Gasteiger partial charge is 0.469 e. The lowest BCUT2D eigenvalue weighted by Crippen LogP contribution is -2.29. The lowest BCUT2D eigenvalue weighted by molar-refractivity contribution is -0.161. The van der Waals surface area contributed by atoms with Crippen molar-refractivity contribution in [2.75, 3.05) is 13.2 Å². The molecular formula is C34H63O8P. The van der Waals surface area contributed by atoms with Crippen LogP contribution in [0.2, 0.25) is 0 Å². The van der Waals surface area contributed by atoms with Gasteiger partial charge in [0, 0.05) is 12.8 Å². The van der Waals surface area contributed by atoms with Crippen LogP contribution in [0.4, 0.5) is 0 Å². The van der Waals surface area contributed by atoms with Gasteiger partial charge in [0.2, 0.25) is 0 Å². The van der Waals surface area contributed by atoms with Gasteiger partial charge in [-0.3, -0.25) is 14.1 Å². The zero-order valence-electron chi connectivity index (χ0n) is 27.4. The number of hydrogen-bond donors (Lipinski definition) is 2. The van der Waals surface area contributed by atoms with Crippen LogP contribution >= 0.6 is 7.82 Å². The third kappa shape index (κ3) is 33.3. The molecular weight excluding hydrogens is 567 g/mol. The zero-order chi connectivity index (χ0) is 31.9. The summed E-state index contributed by atoms with van der Waals surface area (Å²) < 4.78 is 26.2. The molecule has 0 aliphatic heterocycles. The lowest BCUT2D eigenvalue weighted by Gasteiger charge is -2.18. The molecule has 0 rings (SSSR count). The maximum absolute atomic E-state index is 12.3. The zero-order valence-corrected chi connectivity index (χ0v) is 28.2. The molecule has 2 N–H and O–H groups in total. The minimum absolute atomic E-state index is 0.198. The van der Waals surface area contributed by atoms with Gasteiger partial charge in [-0.1, -0.05) is 134 Å². The monoisotopic (exact) mass is 630 g/mol. The Balaban J connectivity index is 4.02. The van der Waals surface area contributed by atoms with Crippen LogP contribution < -0.4 is 0 Å². The molecule has 0 heterocycles. The maximum atomic E-state index is 12.3. The summed E-state index contributed by atoms with van der Waals surface area (Å²) in [5.74, 6) is -0.900. The molecule has 0 aliphatic rings. The lowest BCUT2D eigenvalue weighted by atomic mass is 10.0. The summed E-state index contributed by atoms with van der Waals surface area (Å²) in [5, 5.41) is 0. The summed E-state index contributed by atoms with van der Waals surface area (Å²) in [6.07, 6.45) is 31.8. The Bertz CT molecular complexity index is 761. The highest BCUT2D eigenvalue weighted by molar-refractivity contribution is 7.46. The van der Waals surface area contributed by atoms with Crippen molar-refractivity contribution in [3.63, 3.8) is 0 Å². The fourth-order valence-electron chi connectivity index (χ4n) is 4.64. The Hall–Kier alpha value is -1.47. The molecule has 1 unspecified atom stereocenters. The molecule has 0 bridgehead atoms. The predicted octanol–water partition coefficient (Wildman–Crippen LogP) is 9.68. The number of unbranched alkanes of at least 4 members (excludes halogenated alkanes) is 17. The topological polar surface area (TPSA) is 119 Å². The molecule has 0 radical (unpaired) electrons. The molecule has 0 aromatic heterocycles. The van der Waals surface area contributed by atoms with Gasteiger partial charge in [-0.25, -0.2) is 4.57 Å². The van der Waals surface area contributed by atoms with Crippen molar-refractivity contribution >= 4 is 19.8 Å². The molecule has 8 nitrogen and oxygen atoms in total. The van der Waals surface area contributed by atoms with Crippen LogP contribution in [-0.2, 0) is 28.2 Å². The van der Waals surface area contributed by atoms with Gasteiger partial charge >= 0.3 is 19.8 Å². The number of hydrogen-bond acceptors (Lipinski definition) is 6. The summed E-state index contributed by atoms with van der Waals surface area (Å²) in [4.78, 5) is 42.5. The van der Waals surface area contributed by atoms with Gasteiger partial charge in [0.05, 0.1) is 6.61 Å². The molecule has 0 spiro atoms. The first-order valence-electron chi connectivity index (χ1n) is 17.1. The number of carbonyl (C=O) groups is 2. The van der Waals surface area contributed by atoms with Gasteiger partial charge in [-0.05, 0) is 38.5 Å². The van der Waals surface area contributed by atoms with Crippen molar-refractivity contribution in [1.82, 2.24) is 0 Å². The van der Waals surface area contributed by atoms with Gasteiger partial charge in [0.25, 0.3) is 0 Å². The van der Waals surface area contributed by atoms with E-state index < -0.39 is 32.5 Å². The highest BCUT2D eigenvalue weighted by Gasteiger charge is 2.22. The second-order valence-corrected chi connectivity index (χ2v) is 12.7. The Morgan fingerprint density at radius 1 is 0.605 bits per heavy atom. The van der Waals surface area contributed by atoms with Crippen LogP contribution in [-0.4, -0.2) is 41.0 Å². The molecule has 0 saturated heterocycles. The fraction of sp³-hybridized carbons (Fsp3) is 0.824. The SMILES string of the molecule is CCC/C=C\C/C=C\CCCCCCCC(=O)OC(COC(=O)CCCCCCCCCCCCCC)COP(=O)(O)O. The average Bonchev–Trinajstić information content (AvgIpc) is 2.97. The van der Waals surface area contributed by atoms with E-state index in [0.717, 1.165) is 64.2 Å². The smallest absolute Gasteiger partial charge is 0.462 e. The van der Waals surface area contributed by atoms with E-state index >= 15 is 0 Å². The summed E-state index contributed by atoms with van der Waals surface area (Å²) >= 11 is 0. The minimum Gasteiger partial charge on any atom is -0.462 e. The predicted molar refractivity (Wildman–Crippen MR) is 175 cm³/mol. The van der Waals surface area contributed by atoms with Crippen LogP contribution in [0.5, 0.6) is 0 Å². The molecule has 252 valence electrons. The van der Waals surface area contributed by atoms with E-state index in [1.807, 2.05) is 0 Å². The third-order valence-electron chi connectivity index (χ3n) is 7.20.